The first-order valence-electron chi connectivity index (χ1n) is 9.38. The van der Waals surface area contributed by atoms with E-state index in [2.05, 4.69) is 30.6 Å². The van der Waals surface area contributed by atoms with Gasteiger partial charge in [0.05, 0.1) is 6.61 Å². The zero-order valence-corrected chi connectivity index (χ0v) is 16.5. The van der Waals surface area contributed by atoms with E-state index in [1.54, 1.807) is 0 Å². The number of nitrogens with one attached hydrogen (secondary N) is 1. The lowest BCUT2D eigenvalue weighted by Crippen LogP contribution is -2.09. The second kappa shape index (κ2) is 20.1. The molecule has 0 radical (unpaired) electrons. The summed E-state index contributed by atoms with van der Waals surface area (Å²) in [4.78, 5) is 16.9. The Kier molecular flexibility index (Phi) is 22.1. The van der Waals surface area contributed by atoms with E-state index >= 15 is 0 Å². The van der Waals surface area contributed by atoms with Gasteiger partial charge in [-0.1, -0.05) is 85.0 Å². The molecule has 0 aromatic rings. The molecule has 142 valence electrons. The molecule has 0 aromatic heterocycles. The quantitative estimate of drug-likeness (QED) is 0.284. The monoisotopic (exact) mass is 353 g/mol. The molecule has 0 rings (SSSR count). The minimum absolute atomic E-state index is 0.168. The SMILES string of the molecule is CCCCCCCCCCCCCOP(=O)(O)O.CCNCC. The third-order valence-corrected chi connectivity index (χ3v) is 4.03. The molecule has 0 unspecified atom stereocenters. The van der Waals surface area contributed by atoms with Crippen molar-refractivity contribution in [2.24, 2.45) is 0 Å². The average molecular weight is 353 g/mol. The lowest BCUT2D eigenvalue weighted by Gasteiger charge is -2.05. The van der Waals surface area contributed by atoms with Crippen LogP contribution in [0.15, 0.2) is 0 Å². The summed E-state index contributed by atoms with van der Waals surface area (Å²) in [6.45, 7) is 8.79. The van der Waals surface area contributed by atoms with Gasteiger partial charge < -0.3 is 15.1 Å². The molecule has 0 aromatic carbocycles. The van der Waals surface area contributed by atoms with Crippen molar-refractivity contribution in [3.05, 3.63) is 0 Å². The number of rotatable bonds is 15. The van der Waals surface area contributed by atoms with E-state index in [9.17, 15) is 4.57 Å². The second-order valence-corrected chi connectivity index (χ2v) is 7.06. The van der Waals surface area contributed by atoms with Gasteiger partial charge in [0.15, 0.2) is 0 Å². The summed E-state index contributed by atoms with van der Waals surface area (Å²) in [5.74, 6) is 0. The Morgan fingerprint density at radius 3 is 1.43 bits per heavy atom. The van der Waals surface area contributed by atoms with Crippen molar-refractivity contribution in [3.8, 4) is 0 Å². The predicted molar refractivity (Wildman–Crippen MR) is 98.7 cm³/mol. The minimum atomic E-state index is -4.25. The molecule has 0 amide bonds. The van der Waals surface area contributed by atoms with Gasteiger partial charge in [0.2, 0.25) is 0 Å². The normalized spacial score (nSPS) is 11.2. The van der Waals surface area contributed by atoms with Crippen LogP contribution < -0.4 is 5.32 Å². The van der Waals surface area contributed by atoms with E-state index < -0.39 is 7.82 Å². The van der Waals surface area contributed by atoms with Gasteiger partial charge in [0.1, 0.15) is 0 Å². The lowest BCUT2D eigenvalue weighted by molar-refractivity contribution is 0.193. The van der Waals surface area contributed by atoms with Gasteiger partial charge >= 0.3 is 7.82 Å². The molecule has 3 N–H and O–H groups in total. The van der Waals surface area contributed by atoms with E-state index in [4.69, 9.17) is 9.79 Å². The summed E-state index contributed by atoms with van der Waals surface area (Å²) in [6.07, 6.45) is 13.5. The molecular formula is C17H40NO4P. The third-order valence-electron chi connectivity index (χ3n) is 3.51. The van der Waals surface area contributed by atoms with Crippen LogP contribution in [0.2, 0.25) is 0 Å². The summed E-state index contributed by atoms with van der Waals surface area (Å²) >= 11 is 0. The van der Waals surface area contributed by atoms with Crippen molar-refractivity contribution in [1.82, 2.24) is 5.32 Å². The summed E-state index contributed by atoms with van der Waals surface area (Å²) in [7, 11) is -4.25. The Bertz CT molecular complexity index is 257. The minimum Gasteiger partial charge on any atom is -0.317 e. The molecule has 0 heterocycles. The highest BCUT2D eigenvalue weighted by Gasteiger charge is 2.12. The maximum atomic E-state index is 10.4. The van der Waals surface area contributed by atoms with Crippen molar-refractivity contribution in [3.63, 3.8) is 0 Å². The second-order valence-electron chi connectivity index (χ2n) is 5.82. The molecule has 0 saturated heterocycles. The molecule has 0 aliphatic heterocycles. The number of hydrogen-bond donors (Lipinski definition) is 3. The highest BCUT2D eigenvalue weighted by Crippen LogP contribution is 2.35. The molecule has 0 aliphatic rings. The van der Waals surface area contributed by atoms with Crippen LogP contribution in [0.25, 0.3) is 0 Å². The highest BCUT2D eigenvalue weighted by molar-refractivity contribution is 7.46. The molecule has 6 heteroatoms. The van der Waals surface area contributed by atoms with Gasteiger partial charge in [0.25, 0.3) is 0 Å². The standard InChI is InChI=1S/C13H29O4P.C4H11N/c1-2-3-4-5-6-7-8-9-10-11-12-13-17-18(14,15)16;1-3-5-4-2/h2-13H2,1H3,(H2,14,15,16);5H,3-4H2,1-2H3. The van der Waals surface area contributed by atoms with Gasteiger partial charge in [-0.25, -0.2) is 4.57 Å². The van der Waals surface area contributed by atoms with E-state index in [1.165, 1.54) is 51.4 Å². The van der Waals surface area contributed by atoms with Gasteiger partial charge in [0, 0.05) is 0 Å². The van der Waals surface area contributed by atoms with Crippen molar-refractivity contribution in [2.45, 2.75) is 91.4 Å². The van der Waals surface area contributed by atoms with E-state index in [1.807, 2.05) is 0 Å². The number of phosphoric ester groups is 1. The van der Waals surface area contributed by atoms with E-state index in [0.717, 1.165) is 32.4 Å². The maximum absolute atomic E-state index is 10.4. The van der Waals surface area contributed by atoms with Crippen LogP contribution in [-0.2, 0) is 9.09 Å². The van der Waals surface area contributed by atoms with Crippen LogP contribution >= 0.6 is 7.82 Å². The molecule has 0 fully saturated rings. The van der Waals surface area contributed by atoms with Gasteiger partial charge in [-0.15, -0.1) is 0 Å². The molecule has 0 saturated carbocycles. The summed E-state index contributed by atoms with van der Waals surface area (Å²) in [5.41, 5.74) is 0. The number of phosphoric acid groups is 1. The lowest BCUT2D eigenvalue weighted by atomic mass is 10.1. The topological polar surface area (TPSA) is 78.8 Å². The first kappa shape index (κ1) is 25.3. The largest absolute Gasteiger partial charge is 0.469 e. The fourth-order valence-electron chi connectivity index (χ4n) is 2.20. The first-order valence-corrected chi connectivity index (χ1v) is 10.9. The Morgan fingerprint density at radius 2 is 1.13 bits per heavy atom. The Labute approximate surface area is 143 Å². The average Bonchev–Trinajstić information content (AvgIpc) is 2.49. The zero-order valence-electron chi connectivity index (χ0n) is 15.6. The van der Waals surface area contributed by atoms with E-state index in [0.29, 0.717) is 0 Å². The van der Waals surface area contributed by atoms with Gasteiger partial charge in [-0.05, 0) is 19.5 Å². The van der Waals surface area contributed by atoms with Crippen molar-refractivity contribution >= 4 is 7.82 Å². The van der Waals surface area contributed by atoms with Crippen molar-refractivity contribution < 1.29 is 18.9 Å². The first-order chi connectivity index (χ1) is 11.0. The zero-order chi connectivity index (χ0) is 17.8. The van der Waals surface area contributed by atoms with Crippen molar-refractivity contribution in [2.75, 3.05) is 19.7 Å². The van der Waals surface area contributed by atoms with Gasteiger partial charge in [-0.3, -0.25) is 4.52 Å². The molecule has 0 aliphatic carbocycles. The van der Waals surface area contributed by atoms with Crippen molar-refractivity contribution in [1.29, 1.82) is 0 Å². The van der Waals surface area contributed by atoms with Crippen LogP contribution in [0, 0.1) is 0 Å². The molecule has 23 heavy (non-hydrogen) atoms. The summed E-state index contributed by atoms with van der Waals surface area (Å²) < 4.78 is 14.8. The Morgan fingerprint density at radius 1 is 0.739 bits per heavy atom. The predicted octanol–water partition coefficient (Wildman–Crippen LogP) is 5.02. The molecular weight excluding hydrogens is 313 g/mol. The third kappa shape index (κ3) is 30.5. The van der Waals surface area contributed by atoms with E-state index in [-0.39, 0.29) is 6.61 Å². The molecule has 0 spiro atoms. The molecule has 0 bridgehead atoms. The van der Waals surface area contributed by atoms with Crippen LogP contribution in [0.3, 0.4) is 0 Å². The summed E-state index contributed by atoms with van der Waals surface area (Å²) in [5, 5.41) is 3.11. The van der Waals surface area contributed by atoms with Crippen LogP contribution in [-0.4, -0.2) is 29.5 Å². The smallest absolute Gasteiger partial charge is 0.317 e. The fourth-order valence-corrected chi connectivity index (χ4v) is 2.57. The van der Waals surface area contributed by atoms with Crippen LogP contribution in [0.5, 0.6) is 0 Å². The van der Waals surface area contributed by atoms with Crippen LogP contribution in [0.1, 0.15) is 91.4 Å². The summed E-state index contributed by atoms with van der Waals surface area (Å²) in [6, 6.07) is 0. The molecule has 5 nitrogen and oxygen atoms in total. The fraction of sp³-hybridized carbons (Fsp3) is 1.00. The van der Waals surface area contributed by atoms with Crippen LogP contribution in [0.4, 0.5) is 0 Å². The van der Waals surface area contributed by atoms with Gasteiger partial charge in [-0.2, -0.15) is 0 Å². The number of unbranched alkanes of at least 4 members (excludes halogenated alkanes) is 10. The number of hydrogen-bond acceptors (Lipinski definition) is 3. The Hall–Kier alpha value is 0.0700. The molecule has 0 atom stereocenters. The highest BCUT2D eigenvalue weighted by atomic mass is 31.2. The Balaban J connectivity index is 0. The maximum Gasteiger partial charge on any atom is 0.469 e.